The smallest absolute Gasteiger partial charge is 0.245 e. The summed E-state index contributed by atoms with van der Waals surface area (Å²) < 4.78 is 0. The van der Waals surface area contributed by atoms with Crippen molar-refractivity contribution in [2.24, 2.45) is 5.92 Å². The molecule has 2 aliphatic carbocycles. The van der Waals surface area contributed by atoms with Crippen LogP contribution >= 0.6 is 0 Å². The molecule has 4 nitrogen and oxygen atoms in total. The van der Waals surface area contributed by atoms with Crippen molar-refractivity contribution in [3.8, 4) is 0 Å². The fourth-order valence-corrected chi connectivity index (χ4v) is 2.85. The van der Waals surface area contributed by atoms with E-state index in [0.717, 1.165) is 12.8 Å². The Morgan fingerprint density at radius 1 is 1.29 bits per heavy atom. The van der Waals surface area contributed by atoms with Crippen LogP contribution in [0.5, 0.6) is 0 Å². The summed E-state index contributed by atoms with van der Waals surface area (Å²) in [5.74, 6) is 0.896. The molecule has 2 amide bonds. The summed E-state index contributed by atoms with van der Waals surface area (Å²) >= 11 is 0. The van der Waals surface area contributed by atoms with Crippen LogP contribution in [0.3, 0.4) is 0 Å². The molecule has 0 aromatic carbocycles. The van der Waals surface area contributed by atoms with Gasteiger partial charge in [0.05, 0.1) is 0 Å². The lowest BCUT2D eigenvalue weighted by Crippen LogP contribution is -2.50. The Morgan fingerprint density at radius 2 is 2.00 bits per heavy atom. The Bertz CT molecular complexity index is 347. The van der Waals surface area contributed by atoms with Crippen LogP contribution in [0, 0.1) is 5.92 Å². The Kier molecular flexibility index (Phi) is 2.60. The van der Waals surface area contributed by atoms with Crippen LogP contribution in [0.4, 0.5) is 0 Å². The third-order valence-electron chi connectivity index (χ3n) is 4.23. The molecule has 3 fully saturated rings. The van der Waals surface area contributed by atoms with Gasteiger partial charge in [0.1, 0.15) is 6.04 Å². The summed E-state index contributed by atoms with van der Waals surface area (Å²) in [4.78, 5) is 25.7. The van der Waals surface area contributed by atoms with Gasteiger partial charge >= 0.3 is 0 Å². The molecule has 0 bridgehead atoms. The first-order valence-corrected chi connectivity index (χ1v) is 6.78. The minimum atomic E-state index is -0.246. The van der Waals surface area contributed by atoms with E-state index < -0.39 is 0 Å². The maximum Gasteiger partial charge on any atom is 0.245 e. The molecule has 0 spiro atoms. The van der Waals surface area contributed by atoms with Gasteiger partial charge in [-0.15, -0.1) is 0 Å². The molecule has 0 aromatic rings. The predicted octanol–water partition coefficient (Wildman–Crippen LogP) is 1.05. The first kappa shape index (κ1) is 11.1. The number of rotatable bonds is 4. The van der Waals surface area contributed by atoms with E-state index in [0.29, 0.717) is 30.8 Å². The normalized spacial score (nSPS) is 29.9. The number of carbonyl (C=O) groups is 2. The second-order valence-electron chi connectivity index (χ2n) is 5.71. The molecule has 1 N–H and O–H groups in total. The lowest BCUT2D eigenvalue weighted by Gasteiger charge is -2.31. The van der Waals surface area contributed by atoms with Gasteiger partial charge in [-0.2, -0.15) is 0 Å². The average Bonchev–Trinajstić information content (AvgIpc) is 3.18. The van der Waals surface area contributed by atoms with Crippen molar-refractivity contribution in [3.63, 3.8) is 0 Å². The van der Waals surface area contributed by atoms with E-state index in [1.165, 1.54) is 12.8 Å². The van der Waals surface area contributed by atoms with Crippen molar-refractivity contribution in [2.75, 3.05) is 0 Å². The molecule has 3 aliphatic rings. The predicted molar refractivity (Wildman–Crippen MR) is 63.2 cm³/mol. The quantitative estimate of drug-likeness (QED) is 0.793. The number of carbonyl (C=O) groups excluding carboxylic acids is 2. The second kappa shape index (κ2) is 4.00. The molecule has 2 saturated carbocycles. The Labute approximate surface area is 102 Å². The van der Waals surface area contributed by atoms with Crippen LogP contribution in [0.25, 0.3) is 0 Å². The lowest BCUT2D eigenvalue weighted by molar-refractivity contribution is -0.137. The largest absolute Gasteiger partial charge is 0.344 e. The molecule has 1 aliphatic heterocycles. The Hall–Kier alpha value is -1.06. The fraction of sp³-hybridized carbons (Fsp3) is 0.846. The summed E-state index contributed by atoms with van der Waals surface area (Å²) in [6.45, 7) is 2.17. The van der Waals surface area contributed by atoms with Crippen molar-refractivity contribution in [1.82, 2.24) is 10.2 Å². The van der Waals surface area contributed by atoms with Crippen LogP contribution < -0.4 is 5.32 Å². The van der Waals surface area contributed by atoms with Crippen molar-refractivity contribution in [3.05, 3.63) is 0 Å². The van der Waals surface area contributed by atoms with E-state index in [2.05, 4.69) is 17.1 Å². The number of nitrogens with one attached hydrogen (secondary N) is 1. The molecule has 4 heteroatoms. The van der Waals surface area contributed by atoms with Gasteiger partial charge in [0.25, 0.3) is 0 Å². The van der Waals surface area contributed by atoms with E-state index >= 15 is 0 Å². The monoisotopic (exact) mass is 236 g/mol. The van der Waals surface area contributed by atoms with E-state index in [1.807, 2.05) is 0 Å². The SMILES string of the molecule is C[C@H](C1CC1)N(C(=O)[C@H]1CCC(=O)N1)C1CC1. The first-order valence-electron chi connectivity index (χ1n) is 6.78. The highest BCUT2D eigenvalue weighted by molar-refractivity contribution is 5.91. The Balaban J connectivity index is 1.69. The third-order valence-corrected chi connectivity index (χ3v) is 4.23. The van der Waals surface area contributed by atoms with Crippen LogP contribution in [0.1, 0.15) is 45.4 Å². The molecule has 2 atom stereocenters. The zero-order valence-corrected chi connectivity index (χ0v) is 10.3. The van der Waals surface area contributed by atoms with Gasteiger partial charge in [-0.3, -0.25) is 9.59 Å². The summed E-state index contributed by atoms with van der Waals surface area (Å²) in [5, 5.41) is 2.80. The minimum Gasteiger partial charge on any atom is -0.344 e. The zero-order valence-electron chi connectivity index (χ0n) is 10.3. The van der Waals surface area contributed by atoms with Gasteiger partial charge in [0.2, 0.25) is 11.8 Å². The molecule has 1 saturated heterocycles. The summed E-state index contributed by atoms with van der Waals surface area (Å²) in [5.41, 5.74) is 0. The van der Waals surface area contributed by atoms with Gasteiger partial charge in [0.15, 0.2) is 0 Å². The molecule has 3 rings (SSSR count). The number of hydrogen-bond donors (Lipinski definition) is 1. The maximum atomic E-state index is 12.5. The molecule has 17 heavy (non-hydrogen) atoms. The van der Waals surface area contributed by atoms with E-state index in [9.17, 15) is 9.59 Å². The van der Waals surface area contributed by atoms with E-state index in [1.54, 1.807) is 0 Å². The molecule has 1 heterocycles. The third kappa shape index (κ3) is 2.17. The van der Waals surface area contributed by atoms with Gasteiger partial charge in [0, 0.05) is 18.5 Å². The number of nitrogens with zero attached hydrogens (tertiary/aromatic N) is 1. The molecular formula is C13H20N2O2. The summed E-state index contributed by atoms with van der Waals surface area (Å²) in [6, 6.07) is 0.576. The first-order chi connectivity index (χ1) is 8.16. The molecule has 0 radical (unpaired) electrons. The van der Waals surface area contributed by atoms with E-state index in [-0.39, 0.29) is 17.9 Å². The lowest BCUT2D eigenvalue weighted by atomic mass is 10.1. The standard InChI is InChI=1S/C13H20N2O2/c1-8(9-2-3-9)15(10-4-5-10)13(17)11-6-7-12(16)14-11/h8-11H,2-7H2,1H3,(H,14,16)/t8-,11-/m1/s1. The van der Waals surface area contributed by atoms with Crippen LogP contribution in [-0.4, -0.2) is 34.8 Å². The molecule has 0 aromatic heterocycles. The molecule has 0 unspecified atom stereocenters. The van der Waals surface area contributed by atoms with Gasteiger partial charge in [-0.1, -0.05) is 0 Å². The minimum absolute atomic E-state index is 0.0261. The second-order valence-corrected chi connectivity index (χ2v) is 5.71. The zero-order chi connectivity index (χ0) is 12.0. The highest BCUT2D eigenvalue weighted by Crippen LogP contribution is 2.40. The highest BCUT2D eigenvalue weighted by atomic mass is 16.2. The number of amides is 2. The van der Waals surface area contributed by atoms with Gasteiger partial charge in [-0.25, -0.2) is 0 Å². The molecular weight excluding hydrogens is 216 g/mol. The van der Waals surface area contributed by atoms with Crippen molar-refractivity contribution in [2.45, 2.75) is 63.6 Å². The fourth-order valence-electron chi connectivity index (χ4n) is 2.85. The van der Waals surface area contributed by atoms with Crippen LogP contribution in [-0.2, 0) is 9.59 Å². The van der Waals surface area contributed by atoms with Crippen LogP contribution in [0.15, 0.2) is 0 Å². The van der Waals surface area contributed by atoms with Crippen LogP contribution in [0.2, 0.25) is 0 Å². The highest BCUT2D eigenvalue weighted by Gasteiger charge is 2.44. The van der Waals surface area contributed by atoms with Gasteiger partial charge in [-0.05, 0) is 44.9 Å². The van der Waals surface area contributed by atoms with Crippen molar-refractivity contribution in [1.29, 1.82) is 0 Å². The van der Waals surface area contributed by atoms with Crippen molar-refractivity contribution >= 4 is 11.8 Å². The topological polar surface area (TPSA) is 49.4 Å². The summed E-state index contributed by atoms with van der Waals surface area (Å²) in [6.07, 6.45) is 5.99. The summed E-state index contributed by atoms with van der Waals surface area (Å²) in [7, 11) is 0. The maximum absolute atomic E-state index is 12.5. The average molecular weight is 236 g/mol. The molecule has 94 valence electrons. The van der Waals surface area contributed by atoms with Crippen molar-refractivity contribution < 1.29 is 9.59 Å². The number of hydrogen-bond acceptors (Lipinski definition) is 2. The Morgan fingerprint density at radius 3 is 2.47 bits per heavy atom. The van der Waals surface area contributed by atoms with E-state index in [4.69, 9.17) is 0 Å². The van der Waals surface area contributed by atoms with Gasteiger partial charge < -0.3 is 10.2 Å².